The Bertz CT molecular complexity index is 1160. The molecule has 1 amide bonds. The van der Waals surface area contributed by atoms with Gasteiger partial charge in [0.2, 0.25) is 0 Å². The molecule has 1 aromatic carbocycles. The highest BCUT2D eigenvalue weighted by molar-refractivity contribution is 7.10. The zero-order valence-corrected chi connectivity index (χ0v) is 20.4. The lowest BCUT2D eigenvalue weighted by Gasteiger charge is -2.30. The summed E-state index contributed by atoms with van der Waals surface area (Å²) < 4.78 is 19.8. The summed E-state index contributed by atoms with van der Waals surface area (Å²) in [6.07, 6.45) is 5.26. The Hall–Kier alpha value is -2.52. The molecule has 4 heterocycles. The molecule has 34 heavy (non-hydrogen) atoms. The van der Waals surface area contributed by atoms with E-state index < -0.39 is 5.60 Å². The number of benzene rings is 1. The van der Waals surface area contributed by atoms with Crippen LogP contribution in [0.5, 0.6) is 0 Å². The molecule has 0 radical (unpaired) electrons. The van der Waals surface area contributed by atoms with Crippen LogP contribution in [0.3, 0.4) is 0 Å². The number of unbranched alkanes of at least 4 members (excludes halogenated alkanes) is 1. The van der Waals surface area contributed by atoms with Crippen molar-refractivity contribution in [1.82, 2.24) is 9.96 Å². The van der Waals surface area contributed by atoms with Gasteiger partial charge in [-0.05, 0) is 80.9 Å². The van der Waals surface area contributed by atoms with Gasteiger partial charge in [-0.2, -0.15) is 5.06 Å². The van der Waals surface area contributed by atoms with Crippen molar-refractivity contribution in [3.63, 3.8) is 0 Å². The number of rotatable bonds is 6. The minimum atomic E-state index is -0.571. The Morgan fingerprint density at radius 3 is 2.76 bits per heavy atom. The topological polar surface area (TPSA) is 65.0 Å². The number of piperazine rings is 1. The van der Waals surface area contributed by atoms with Gasteiger partial charge in [0.15, 0.2) is 0 Å². The van der Waals surface area contributed by atoms with Gasteiger partial charge >= 0.3 is 0 Å². The molecular weight excluding hydrogens is 453 g/mol. The summed E-state index contributed by atoms with van der Waals surface area (Å²) in [7, 11) is 0. The third kappa shape index (κ3) is 4.68. The first-order valence-electron chi connectivity index (χ1n) is 11.8. The molecule has 3 aliphatic heterocycles. The second kappa shape index (κ2) is 9.26. The maximum Gasteiger partial charge on any atom is 0.260 e. The first-order valence-corrected chi connectivity index (χ1v) is 12.7. The summed E-state index contributed by atoms with van der Waals surface area (Å²) >= 11 is 1.76. The third-order valence-corrected chi connectivity index (χ3v) is 7.72. The van der Waals surface area contributed by atoms with E-state index in [9.17, 15) is 14.4 Å². The quantitative estimate of drug-likeness (QED) is 0.458. The number of carbonyl (C=O) groups excluding carboxylic acids is 1. The van der Waals surface area contributed by atoms with Crippen LogP contribution in [0.4, 0.5) is 10.1 Å². The highest BCUT2D eigenvalue weighted by Gasteiger charge is 2.38. The molecule has 1 fully saturated rings. The van der Waals surface area contributed by atoms with Crippen molar-refractivity contribution in [3.05, 3.63) is 63.3 Å². The molecule has 1 aromatic heterocycles. The first kappa shape index (κ1) is 23.2. The smallest absolute Gasteiger partial charge is 0.260 e. The molecule has 2 aromatic rings. The van der Waals surface area contributed by atoms with Gasteiger partial charge in [-0.3, -0.25) is 4.79 Å². The van der Waals surface area contributed by atoms with Crippen molar-refractivity contribution in [2.45, 2.75) is 38.7 Å². The maximum atomic E-state index is 13.6. The largest absolute Gasteiger partial charge is 0.482 e. The minimum absolute atomic E-state index is 0.268. The predicted octanol–water partition coefficient (Wildman–Crippen LogP) is 4.77. The van der Waals surface area contributed by atoms with Crippen LogP contribution in [-0.4, -0.2) is 59.4 Å². The second-order valence-electron chi connectivity index (χ2n) is 9.61. The predicted molar refractivity (Wildman–Crippen MR) is 132 cm³/mol. The molecular formula is C26H30FN3O3S. The number of anilines is 1. The zero-order chi connectivity index (χ0) is 23.9. The fourth-order valence-corrected chi connectivity index (χ4v) is 5.79. The molecule has 1 saturated heterocycles. The average Bonchev–Trinajstić information content (AvgIpc) is 3.46. The van der Waals surface area contributed by atoms with Crippen LogP contribution in [0.2, 0.25) is 0 Å². The highest BCUT2D eigenvalue weighted by Crippen LogP contribution is 2.45. The van der Waals surface area contributed by atoms with Crippen molar-refractivity contribution < 1.29 is 19.1 Å². The lowest BCUT2D eigenvalue weighted by molar-refractivity contribution is -0.117. The number of aryl methyl sites for hydroxylation is 1. The number of allylic oxidation sites excluding steroid dienone is 1. The number of nitrogens with one attached hydrogen (secondary N) is 1. The molecule has 2 N–H and O–H groups in total. The summed E-state index contributed by atoms with van der Waals surface area (Å²) in [6.45, 7) is 8.40. The lowest BCUT2D eigenvalue weighted by Crippen LogP contribution is -2.44. The fraction of sp³-hybridized carbons (Fsp3) is 0.423. The minimum Gasteiger partial charge on any atom is -0.482 e. The van der Waals surface area contributed by atoms with E-state index in [0.717, 1.165) is 63.1 Å². The van der Waals surface area contributed by atoms with Crippen LogP contribution in [-0.2, 0) is 16.0 Å². The van der Waals surface area contributed by atoms with Crippen LogP contribution in [0.15, 0.2) is 41.5 Å². The van der Waals surface area contributed by atoms with E-state index in [0.29, 0.717) is 22.6 Å². The third-order valence-electron chi connectivity index (χ3n) is 6.72. The van der Waals surface area contributed by atoms with Gasteiger partial charge in [0.05, 0.1) is 11.3 Å². The zero-order valence-electron chi connectivity index (χ0n) is 19.6. The van der Waals surface area contributed by atoms with E-state index in [2.05, 4.69) is 21.7 Å². The summed E-state index contributed by atoms with van der Waals surface area (Å²) in [6, 6.07) is 6.56. The van der Waals surface area contributed by atoms with Crippen LogP contribution >= 0.6 is 11.3 Å². The molecule has 0 bridgehead atoms. The number of halogens is 1. The van der Waals surface area contributed by atoms with Crippen LogP contribution < -0.4 is 5.32 Å². The summed E-state index contributed by atoms with van der Waals surface area (Å²) in [4.78, 5) is 16.4. The molecule has 0 saturated carbocycles. The molecule has 0 aliphatic carbocycles. The summed E-state index contributed by atoms with van der Waals surface area (Å²) in [5.74, 6) is -0.123. The average molecular weight is 484 g/mol. The van der Waals surface area contributed by atoms with E-state index in [1.54, 1.807) is 17.4 Å². The van der Waals surface area contributed by atoms with Crippen molar-refractivity contribution in [3.8, 4) is 0 Å². The highest BCUT2D eigenvalue weighted by atomic mass is 32.1. The van der Waals surface area contributed by atoms with Crippen LogP contribution in [0, 0.1) is 5.82 Å². The molecule has 0 unspecified atom stereocenters. The second-order valence-corrected chi connectivity index (χ2v) is 10.6. The number of hydrogen-bond donors (Lipinski definition) is 2. The number of hydroxylamine groups is 2. The Morgan fingerprint density at radius 1 is 1.18 bits per heavy atom. The van der Waals surface area contributed by atoms with Crippen molar-refractivity contribution >= 4 is 34.1 Å². The van der Waals surface area contributed by atoms with Gasteiger partial charge in [0.1, 0.15) is 17.2 Å². The van der Waals surface area contributed by atoms with Crippen LogP contribution in [0.25, 0.3) is 11.1 Å². The SMILES string of the molecule is CC1(C)O/C(=C2/C(=O)Nc3cc(F)ccc32)C=C1c1csc(CCCCN2CCN(O)CC2)c1. The van der Waals surface area contributed by atoms with Crippen LogP contribution in [0.1, 0.15) is 42.7 Å². The molecule has 180 valence electrons. The Balaban J connectivity index is 1.27. The van der Waals surface area contributed by atoms with Gasteiger partial charge in [-0.25, -0.2) is 4.39 Å². The number of ether oxygens (including phenoxy) is 1. The van der Waals surface area contributed by atoms with Gasteiger partial charge < -0.3 is 20.2 Å². The van der Waals surface area contributed by atoms with Gasteiger partial charge in [-0.1, -0.05) is 0 Å². The Morgan fingerprint density at radius 2 is 1.97 bits per heavy atom. The fourth-order valence-electron chi connectivity index (χ4n) is 4.86. The molecule has 0 spiro atoms. The van der Waals surface area contributed by atoms with Gasteiger partial charge in [0.25, 0.3) is 5.91 Å². The number of thiophene rings is 1. The summed E-state index contributed by atoms with van der Waals surface area (Å²) in [5.41, 5.74) is 3.20. The standard InChI is InChI=1S/C26H30FN3O3S/c1-26(2)21(15-23(33-26)24-20-7-6-18(27)14-22(20)28-25(24)31)17-13-19(34-16-17)5-3-4-8-29-9-11-30(32)12-10-29/h6-7,13-16,32H,3-5,8-12H2,1-2H3,(H,28,31)/b24-23+. The van der Waals surface area contributed by atoms with Crippen molar-refractivity contribution in [2.75, 3.05) is 38.0 Å². The molecule has 6 nitrogen and oxygen atoms in total. The maximum absolute atomic E-state index is 13.6. The monoisotopic (exact) mass is 483 g/mol. The van der Waals surface area contributed by atoms with Crippen molar-refractivity contribution in [2.24, 2.45) is 0 Å². The first-order chi connectivity index (χ1) is 16.3. The van der Waals surface area contributed by atoms with Gasteiger partial charge in [-0.15, -0.1) is 11.3 Å². The number of carbonyl (C=O) groups is 1. The van der Waals surface area contributed by atoms with Crippen molar-refractivity contribution in [1.29, 1.82) is 0 Å². The number of fused-ring (bicyclic) bond motifs is 1. The molecule has 3 aliphatic rings. The Labute approximate surface area is 203 Å². The normalized spacial score (nSPS) is 22.5. The summed E-state index contributed by atoms with van der Waals surface area (Å²) in [5, 5.41) is 15.8. The lowest BCUT2D eigenvalue weighted by atomic mass is 9.93. The van der Waals surface area contributed by atoms with E-state index in [-0.39, 0.29) is 11.7 Å². The number of amides is 1. The molecule has 0 atom stereocenters. The van der Waals surface area contributed by atoms with E-state index in [4.69, 9.17) is 4.74 Å². The molecule has 8 heteroatoms. The Kier molecular flexibility index (Phi) is 6.33. The number of nitrogens with zero attached hydrogens (tertiary/aromatic N) is 2. The van der Waals surface area contributed by atoms with E-state index in [1.807, 2.05) is 19.9 Å². The van der Waals surface area contributed by atoms with E-state index in [1.165, 1.54) is 22.1 Å². The van der Waals surface area contributed by atoms with E-state index >= 15 is 0 Å². The van der Waals surface area contributed by atoms with Gasteiger partial charge in [0, 0.05) is 42.2 Å². The molecule has 5 rings (SSSR count). The number of hydrogen-bond acceptors (Lipinski definition) is 6.